The molecular weight excluding hydrogens is 565 g/mol. The van der Waals surface area contributed by atoms with E-state index >= 15 is 0 Å². The topological polar surface area (TPSA) is 105 Å². The van der Waals surface area contributed by atoms with Crippen LogP contribution < -0.4 is 14.2 Å². The highest BCUT2D eigenvalue weighted by molar-refractivity contribution is 8.00. The number of rotatable bonds is 9. The van der Waals surface area contributed by atoms with E-state index in [1.165, 1.54) is 54.4 Å². The number of hydrogen-bond acceptors (Lipinski definition) is 6. The SMILES string of the molecule is Cc1ccc(SNc2ccc(Oc3ccc(NS(=O)(=O)c4ccc(C)cc4)c(C(F)(F)F)c3)cc2C(=O)O)cc1. The number of aromatic carboxylic acids is 1. The van der Waals surface area contributed by atoms with Gasteiger partial charge < -0.3 is 14.6 Å². The lowest BCUT2D eigenvalue weighted by atomic mass is 10.1. The first-order chi connectivity index (χ1) is 18.8. The van der Waals surface area contributed by atoms with E-state index < -0.39 is 33.4 Å². The molecule has 0 atom stereocenters. The van der Waals surface area contributed by atoms with Crippen LogP contribution in [0.5, 0.6) is 11.5 Å². The Hall–Kier alpha value is -4.16. The molecule has 208 valence electrons. The Balaban J connectivity index is 1.58. The van der Waals surface area contributed by atoms with Crippen molar-refractivity contribution in [3.8, 4) is 11.5 Å². The van der Waals surface area contributed by atoms with Crippen LogP contribution in [0.25, 0.3) is 0 Å². The third-order valence-corrected chi connectivity index (χ3v) is 7.84. The van der Waals surface area contributed by atoms with Gasteiger partial charge in [0, 0.05) is 4.90 Å². The number of anilines is 2. The molecule has 4 rings (SSSR count). The summed E-state index contributed by atoms with van der Waals surface area (Å²) in [5.41, 5.74) is 0.0166. The number of hydrogen-bond donors (Lipinski definition) is 3. The van der Waals surface area contributed by atoms with Crippen LogP contribution in [0.15, 0.2) is 94.7 Å². The van der Waals surface area contributed by atoms with Crippen LogP contribution in [-0.4, -0.2) is 19.5 Å². The van der Waals surface area contributed by atoms with Gasteiger partial charge in [-0.3, -0.25) is 4.72 Å². The molecule has 0 aliphatic carbocycles. The van der Waals surface area contributed by atoms with Gasteiger partial charge in [-0.15, -0.1) is 0 Å². The second-order valence-corrected chi connectivity index (χ2v) is 11.3. The Bertz CT molecular complexity index is 1640. The first-order valence-electron chi connectivity index (χ1n) is 11.7. The van der Waals surface area contributed by atoms with Crippen LogP contribution in [0.2, 0.25) is 0 Å². The number of carboxylic acid groups (broad SMARTS) is 1. The maximum atomic E-state index is 13.9. The Labute approximate surface area is 233 Å². The van der Waals surface area contributed by atoms with Gasteiger partial charge in [-0.1, -0.05) is 35.4 Å². The summed E-state index contributed by atoms with van der Waals surface area (Å²) in [5, 5.41) is 9.68. The maximum Gasteiger partial charge on any atom is 0.418 e. The van der Waals surface area contributed by atoms with Crippen molar-refractivity contribution in [2.24, 2.45) is 0 Å². The average molecular weight is 589 g/mol. The van der Waals surface area contributed by atoms with Crippen molar-refractivity contribution in [3.05, 3.63) is 107 Å². The van der Waals surface area contributed by atoms with E-state index in [1.54, 1.807) is 6.92 Å². The van der Waals surface area contributed by atoms with Crippen LogP contribution in [-0.2, 0) is 16.2 Å². The molecule has 3 N–H and O–H groups in total. The van der Waals surface area contributed by atoms with Crippen molar-refractivity contribution in [1.82, 2.24) is 0 Å². The van der Waals surface area contributed by atoms with Gasteiger partial charge in [0.25, 0.3) is 10.0 Å². The van der Waals surface area contributed by atoms with E-state index in [-0.39, 0.29) is 27.6 Å². The molecule has 0 radical (unpaired) electrons. The van der Waals surface area contributed by atoms with Crippen LogP contribution in [0.1, 0.15) is 27.0 Å². The minimum atomic E-state index is -4.92. The highest BCUT2D eigenvalue weighted by Crippen LogP contribution is 2.39. The molecule has 0 spiro atoms. The molecule has 4 aromatic carbocycles. The number of nitrogens with one attached hydrogen (secondary N) is 2. The molecule has 0 aliphatic rings. The van der Waals surface area contributed by atoms with Gasteiger partial charge >= 0.3 is 12.1 Å². The maximum absolute atomic E-state index is 13.9. The number of aryl methyl sites for hydroxylation is 2. The number of halogens is 3. The first kappa shape index (κ1) is 28.8. The molecule has 0 aromatic heterocycles. The Morgan fingerprint density at radius 3 is 1.95 bits per heavy atom. The highest BCUT2D eigenvalue weighted by atomic mass is 32.2. The molecule has 0 fully saturated rings. The van der Waals surface area contributed by atoms with E-state index in [0.717, 1.165) is 28.2 Å². The summed E-state index contributed by atoms with van der Waals surface area (Å²) in [7, 11) is -4.30. The lowest BCUT2D eigenvalue weighted by molar-refractivity contribution is -0.137. The quantitative estimate of drug-likeness (QED) is 0.172. The Morgan fingerprint density at radius 2 is 1.38 bits per heavy atom. The van der Waals surface area contributed by atoms with E-state index in [1.807, 2.05) is 35.9 Å². The molecule has 12 heteroatoms. The van der Waals surface area contributed by atoms with Crippen molar-refractivity contribution in [2.75, 3.05) is 9.44 Å². The normalized spacial score (nSPS) is 11.6. The first-order valence-corrected chi connectivity index (χ1v) is 14.0. The largest absolute Gasteiger partial charge is 0.478 e. The molecule has 4 aromatic rings. The summed E-state index contributed by atoms with van der Waals surface area (Å²) >= 11 is 1.20. The average Bonchev–Trinajstić information content (AvgIpc) is 2.89. The van der Waals surface area contributed by atoms with Crippen molar-refractivity contribution >= 4 is 39.3 Å². The fourth-order valence-corrected chi connectivity index (χ4v) is 5.30. The van der Waals surface area contributed by atoms with Crippen molar-refractivity contribution < 1.29 is 36.2 Å². The third kappa shape index (κ3) is 7.07. The zero-order valence-electron chi connectivity index (χ0n) is 21.1. The van der Waals surface area contributed by atoms with Crippen LogP contribution in [0, 0.1) is 13.8 Å². The Kier molecular flexibility index (Phi) is 8.31. The number of sulfonamides is 1. The molecule has 0 saturated carbocycles. The lowest BCUT2D eigenvalue weighted by Crippen LogP contribution is -2.17. The predicted octanol–water partition coefficient (Wildman–Crippen LogP) is 7.73. The van der Waals surface area contributed by atoms with Gasteiger partial charge in [-0.05, 0) is 86.5 Å². The van der Waals surface area contributed by atoms with E-state index in [0.29, 0.717) is 6.07 Å². The standard InChI is InChI=1S/C28H23F3N2O5S2/c1-17-3-9-21(10-4-17)39-32-25-13-7-19(15-23(25)27(34)35)38-20-8-14-26(24(16-20)28(29,30)31)33-40(36,37)22-11-5-18(2)6-12-22/h3-16,32-33H,1-2H3,(H,34,35). The summed E-state index contributed by atoms with van der Waals surface area (Å²) in [6.45, 7) is 3.69. The second kappa shape index (κ2) is 11.5. The van der Waals surface area contributed by atoms with Gasteiger partial charge in [0.05, 0.1) is 27.4 Å². The van der Waals surface area contributed by atoms with Gasteiger partial charge in [0.2, 0.25) is 0 Å². The van der Waals surface area contributed by atoms with Crippen molar-refractivity contribution in [1.29, 1.82) is 0 Å². The minimum absolute atomic E-state index is 0.0237. The van der Waals surface area contributed by atoms with Crippen LogP contribution >= 0.6 is 11.9 Å². The fourth-order valence-electron chi connectivity index (χ4n) is 3.54. The molecule has 0 aliphatic heterocycles. The van der Waals surface area contributed by atoms with Crippen LogP contribution in [0.3, 0.4) is 0 Å². The molecule has 0 saturated heterocycles. The molecule has 7 nitrogen and oxygen atoms in total. The summed E-state index contributed by atoms with van der Waals surface area (Å²) in [6, 6.07) is 20.0. The molecule has 0 amide bonds. The number of alkyl halides is 3. The summed E-state index contributed by atoms with van der Waals surface area (Å²) in [5.74, 6) is -1.56. The Morgan fingerprint density at radius 1 is 0.825 bits per heavy atom. The van der Waals surface area contributed by atoms with E-state index in [9.17, 15) is 31.5 Å². The zero-order chi connectivity index (χ0) is 29.1. The van der Waals surface area contributed by atoms with E-state index in [2.05, 4.69) is 4.72 Å². The molecule has 0 unspecified atom stereocenters. The number of carbonyl (C=O) groups is 1. The van der Waals surface area contributed by atoms with Gasteiger partial charge in [0.1, 0.15) is 11.5 Å². The minimum Gasteiger partial charge on any atom is -0.478 e. The van der Waals surface area contributed by atoms with E-state index in [4.69, 9.17) is 4.74 Å². The highest BCUT2D eigenvalue weighted by Gasteiger charge is 2.35. The summed E-state index contributed by atoms with van der Waals surface area (Å²) < 4.78 is 77.5. The molecular formula is C28H23F3N2O5S2. The predicted molar refractivity (Wildman–Crippen MR) is 148 cm³/mol. The van der Waals surface area contributed by atoms with Gasteiger partial charge in [-0.2, -0.15) is 13.2 Å². The second-order valence-electron chi connectivity index (χ2n) is 8.76. The van der Waals surface area contributed by atoms with Crippen molar-refractivity contribution in [3.63, 3.8) is 0 Å². The zero-order valence-corrected chi connectivity index (χ0v) is 22.7. The number of ether oxygens (including phenoxy) is 1. The molecule has 0 bridgehead atoms. The summed E-state index contributed by atoms with van der Waals surface area (Å²) in [4.78, 5) is 12.5. The number of benzene rings is 4. The molecule has 40 heavy (non-hydrogen) atoms. The third-order valence-electron chi connectivity index (χ3n) is 5.63. The summed E-state index contributed by atoms with van der Waals surface area (Å²) in [6.07, 6.45) is -4.92. The van der Waals surface area contributed by atoms with Crippen molar-refractivity contribution in [2.45, 2.75) is 29.8 Å². The van der Waals surface area contributed by atoms with Gasteiger partial charge in [-0.25, -0.2) is 13.2 Å². The smallest absolute Gasteiger partial charge is 0.418 e. The fraction of sp³-hybridized carbons (Fsp3) is 0.107. The molecule has 0 heterocycles. The van der Waals surface area contributed by atoms with Crippen LogP contribution in [0.4, 0.5) is 24.5 Å². The number of carboxylic acids is 1. The monoisotopic (exact) mass is 588 g/mol. The van der Waals surface area contributed by atoms with Gasteiger partial charge in [0.15, 0.2) is 0 Å². The lowest BCUT2D eigenvalue weighted by Gasteiger charge is -2.17.